The van der Waals surface area contributed by atoms with Gasteiger partial charge in [0.15, 0.2) is 5.82 Å². The Kier molecular flexibility index (Phi) is 5.25. The summed E-state index contributed by atoms with van der Waals surface area (Å²) >= 11 is 1.35. The molecule has 0 unspecified atom stereocenters. The molecule has 2 amide bonds. The van der Waals surface area contributed by atoms with Gasteiger partial charge in [-0.3, -0.25) is 15.3 Å². The van der Waals surface area contributed by atoms with E-state index in [4.69, 9.17) is 4.74 Å². The molecule has 8 nitrogen and oxygen atoms in total. The molecule has 1 aromatic carbocycles. The molecule has 1 aliphatic rings. The number of hydrogen-bond donors (Lipinski definition) is 2. The Morgan fingerprint density at radius 3 is 2.89 bits per heavy atom. The third kappa shape index (κ3) is 4.30. The number of amides is 2. The van der Waals surface area contributed by atoms with E-state index < -0.39 is 0 Å². The molecule has 2 N–H and O–H groups in total. The summed E-state index contributed by atoms with van der Waals surface area (Å²) in [4.78, 5) is 12.3. The van der Waals surface area contributed by atoms with Crippen LogP contribution in [0.4, 0.5) is 15.7 Å². The van der Waals surface area contributed by atoms with Gasteiger partial charge in [-0.05, 0) is 37.5 Å². The Balaban J connectivity index is 1.36. The van der Waals surface area contributed by atoms with Crippen molar-refractivity contribution in [3.8, 4) is 5.75 Å². The van der Waals surface area contributed by atoms with Crippen LogP contribution in [0, 0.1) is 0 Å². The van der Waals surface area contributed by atoms with E-state index in [9.17, 15) is 4.79 Å². The second-order valence-electron chi connectivity index (χ2n) is 6.65. The van der Waals surface area contributed by atoms with Crippen LogP contribution in [0.2, 0.25) is 0 Å². The fourth-order valence-corrected chi connectivity index (χ4v) is 3.80. The Labute approximate surface area is 166 Å². The lowest BCUT2D eigenvalue weighted by atomic mass is 10.1. The van der Waals surface area contributed by atoms with E-state index in [0.717, 1.165) is 22.9 Å². The lowest BCUT2D eigenvalue weighted by Gasteiger charge is -2.02. The van der Waals surface area contributed by atoms with E-state index in [-0.39, 0.29) is 6.03 Å². The highest BCUT2D eigenvalue weighted by Gasteiger charge is 2.28. The predicted molar refractivity (Wildman–Crippen MR) is 108 cm³/mol. The van der Waals surface area contributed by atoms with Gasteiger partial charge in [-0.2, -0.15) is 5.10 Å². The summed E-state index contributed by atoms with van der Waals surface area (Å²) in [5.74, 6) is 1.94. The zero-order valence-corrected chi connectivity index (χ0v) is 16.6. The molecule has 2 heterocycles. The zero-order chi connectivity index (χ0) is 19.5. The van der Waals surface area contributed by atoms with Crippen molar-refractivity contribution in [3.05, 3.63) is 46.6 Å². The van der Waals surface area contributed by atoms with Crippen LogP contribution in [-0.2, 0) is 13.0 Å². The molecule has 4 rings (SSSR count). The van der Waals surface area contributed by atoms with Crippen LogP contribution in [0.25, 0.3) is 0 Å². The fourth-order valence-electron chi connectivity index (χ4n) is 3.03. The second kappa shape index (κ2) is 7.97. The Bertz CT molecular complexity index is 978. The van der Waals surface area contributed by atoms with Crippen LogP contribution >= 0.6 is 11.3 Å². The average Bonchev–Trinajstić information content (AvgIpc) is 3.33. The summed E-state index contributed by atoms with van der Waals surface area (Å²) in [7, 11) is 1.64. The van der Waals surface area contributed by atoms with E-state index >= 15 is 0 Å². The monoisotopic (exact) mass is 398 g/mol. The number of rotatable bonds is 7. The van der Waals surface area contributed by atoms with E-state index in [1.807, 2.05) is 41.9 Å². The van der Waals surface area contributed by atoms with E-state index in [1.165, 1.54) is 29.9 Å². The molecule has 2 aromatic heterocycles. The molecule has 0 spiro atoms. The van der Waals surface area contributed by atoms with Crippen molar-refractivity contribution in [3.63, 3.8) is 0 Å². The van der Waals surface area contributed by atoms with Crippen molar-refractivity contribution < 1.29 is 9.53 Å². The fraction of sp³-hybridized carbons (Fsp3) is 0.368. The average molecular weight is 398 g/mol. The second-order valence-corrected chi connectivity index (χ2v) is 7.71. The summed E-state index contributed by atoms with van der Waals surface area (Å²) in [6, 6.07) is 9.39. The molecular weight excluding hydrogens is 376 g/mol. The van der Waals surface area contributed by atoms with Crippen LogP contribution < -0.4 is 15.4 Å². The molecule has 9 heteroatoms. The first kappa shape index (κ1) is 18.4. The molecule has 0 atom stereocenters. The number of nitrogens with zero attached hydrogens (tertiary/aromatic N) is 4. The number of methoxy groups -OCH3 is 1. The highest BCUT2D eigenvalue weighted by Crippen LogP contribution is 2.40. The molecule has 0 aliphatic heterocycles. The van der Waals surface area contributed by atoms with Gasteiger partial charge in [0.05, 0.1) is 7.11 Å². The molecule has 0 radical (unpaired) electrons. The summed E-state index contributed by atoms with van der Waals surface area (Å²) in [5, 5.41) is 19.4. The standard InChI is InChI=1S/C19H22N6O2S/c1-3-25-15(13-7-8-13)11-16(24-25)20-18(26)21-19-23-22-17(28-19)10-12-5-4-6-14(9-12)27-2/h4-6,9,11,13H,3,7-8,10H2,1-2H3,(H2,20,21,23,24,26). The summed E-state index contributed by atoms with van der Waals surface area (Å²) in [5.41, 5.74) is 2.26. The van der Waals surface area contributed by atoms with Crippen LogP contribution in [-0.4, -0.2) is 33.1 Å². The number of nitrogens with one attached hydrogen (secondary N) is 2. The first-order valence-corrected chi connectivity index (χ1v) is 10.1. The van der Waals surface area contributed by atoms with Crippen LogP contribution in [0.1, 0.15) is 41.9 Å². The van der Waals surface area contributed by atoms with Crippen LogP contribution in [0.3, 0.4) is 0 Å². The molecule has 0 saturated heterocycles. The largest absolute Gasteiger partial charge is 0.497 e. The first-order chi connectivity index (χ1) is 13.6. The first-order valence-electron chi connectivity index (χ1n) is 9.25. The van der Waals surface area contributed by atoms with Crippen LogP contribution in [0.5, 0.6) is 5.75 Å². The summed E-state index contributed by atoms with van der Waals surface area (Å²) in [6.07, 6.45) is 3.01. The number of aryl methyl sites for hydroxylation is 1. The van der Waals surface area contributed by atoms with Crippen molar-refractivity contribution in [2.45, 2.75) is 38.6 Å². The summed E-state index contributed by atoms with van der Waals surface area (Å²) in [6.45, 7) is 2.84. The van der Waals surface area contributed by atoms with Gasteiger partial charge in [0.25, 0.3) is 0 Å². The lowest BCUT2D eigenvalue weighted by Crippen LogP contribution is -2.19. The van der Waals surface area contributed by atoms with Crippen molar-refractivity contribution in [1.82, 2.24) is 20.0 Å². The van der Waals surface area contributed by atoms with Crippen LogP contribution in [0.15, 0.2) is 30.3 Å². The number of aromatic nitrogens is 4. The van der Waals surface area contributed by atoms with Gasteiger partial charge >= 0.3 is 6.03 Å². The minimum Gasteiger partial charge on any atom is -0.497 e. The number of carbonyl (C=O) groups is 1. The summed E-state index contributed by atoms with van der Waals surface area (Å²) < 4.78 is 7.19. The van der Waals surface area contributed by atoms with E-state index in [0.29, 0.717) is 23.3 Å². The molecule has 28 heavy (non-hydrogen) atoms. The van der Waals surface area contributed by atoms with Gasteiger partial charge in [-0.1, -0.05) is 23.5 Å². The molecule has 0 bridgehead atoms. The number of urea groups is 1. The quantitative estimate of drug-likeness (QED) is 0.630. The minimum atomic E-state index is -0.368. The third-order valence-electron chi connectivity index (χ3n) is 4.52. The maximum absolute atomic E-state index is 12.3. The minimum absolute atomic E-state index is 0.368. The maximum atomic E-state index is 12.3. The van der Waals surface area contributed by atoms with E-state index in [1.54, 1.807) is 7.11 Å². The number of anilines is 2. The topological polar surface area (TPSA) is 94.0 Å². The highest BCUT2D eigenvalue weighted by molar-refractivity contribution is 7.15. The highest BCUT2D eigenvalue weighted by atomic mass is 32.1. The van der Waals surface area contributed by atoms with Crippen molar-refractivity contribution >= 4 is 28.3 Å². The van der Waals surface area contributed by atoms with Gasteiger partial charge in [0.2, 0.25) is 5.13 Å². The Morgan fingerprint density at radius 1 is 1.29 bits per heavy atom. The van der Waals surface area contributed by atoms with Crippen molar-refractivity contribution in [2.24, 2.45) is 0 Å². The Morgan fingerprint density at radius 2 is 2.14 bits per heavy atom. The van der Waals surface area contributed by atoms with E-state index in [2.05, 4.69) is 25.9 Å². The number of carbonyl (C=O) groups excluding carboxylic acids is 1. The lowest BCUT2D eigenvalue weighted by molar-refractivity contribution is 0.262. The maximum Gasteiger partial charge on any atom is 0.326 e. The number of ether oxygens (including phenoxy) is 1. The molecule has 146 valence electrons. The number of hydrogen-bond acceptors (Lipinski definition) is 6. The molecule has 1 saturated carbocycles. The smallest absolute Gasteiger partial charge is 0.326 e. The van der Waals surface area contributed by atoms with Gasteiger partial charge in [0, 0.05) is 30.6 Å². The normalized spacial score (nSPS) is 13.4. The van der Waals surface area contributed by atoms with Gasteiger partial charge < -0.3 is 4.74 Å². The van der Waals surface area contributed by atoms with Gasteiger partial charge in [-0.15, -0.1) is 10.2 Å². The third-order valence-corrected chi connectivity index (χ3v) is 5.36. The molecule has 3 aromatic rings. The number of benzene rings is 1. The van der Waals surface area contributed by atoms with Gasteiger partial charge in [-0.25, -0.2) is 4.79 Å². The Hall–Kier alpha value is -2.94. The van der Waals surface area contributed by atoms with Crippen molar-refractivity contribution in [2.75, 3.05) is 17.7 Å². The SMILES string of the molecule is CCn1nc(NC(=O)Nc2nnc(Cc3cccc(OC)c3)s2)cc1C1CC1. The van der Waals surface area contributed by atoms with Crippen molar-refractivity contribution in [1.29, 1.82) is 0 Å². The molecular formula is C19H22N6O2S. The zero-order valence-electron chi connectivity index (χ0n) is 15.8. The van der Waals surface area contributed by atoms with Gasteiger partial charge in [0.1, 0.15) is 10.8 Å². The molecule has 1 aliphatic carbocycles. The molecule has 1 fully saturated rings. The predicted octanol–water partition coefficient (Wildman–Crippen LogP) is 3.88.